The number of nitrogens with one attached hydrogen (secondary N) is 3. The molecule has 5 aromatic carbocycles. The quantitative estimate of drug-likeness (QED) is 0.0846. The number of rotatable bonds is 12. The topological polar surface area (TPSA) is 109 Å². The Morgan fingerprint density at radius 2 is 1.48 bits per heavy atom. The van der Waals surface area contributed by atoms with Gasteiger partial charge in [-0.1, -0.05) is 83.9 Å². The van der Waals surface area contributed by atoms with Crippen molar-refractivity contribution < 1.29 is 19.1 Å². The fourth-order valence-corrected chi connectivity index (χ4v) is 7.33. The van der Waals surface area contributed by atoms with Gasteiger partial charge in [-0.2, -0.15) is 0 Å². The number of benzene rings is 5. The van der Waals surface area contributed by atoms with Crippen molar-refractivity contribution in [3.63, 3.8) is 0 Å². The first-order chi connectivity index (χ1) is 25.3. The van der Waals surface area contributed by atoms with E-state index in [-0.39, 0.29) is 11.6 Å². The summed E-state index contributed by atoms with van der Waals surface area (Å²) in [6.07, 6.45) is 1.44. The molecule has 6 aromatic rings. The van der Waals surface area contributed by atoms with E-state index < -0.39 is 17.1 Å². The van der Waals surface area contributed by atoms with Crippen molar-refractivity contribution in [2.24, 2.45) is 0 Å². The fraction of sp³-hybridized carbons (Fsp3) is 0.0500. The maximum absolute atomic E-state index is 13.8. The first-order valence-electron chi connectivity index (χ1n) is 15.8. The summed E-state index contributed by atoms with van der Waals surface area (Å²) in [6.45, 7) is 0. The number of ether oxygens (including phenoxy) is 1. The van der Waals surface area contributed by atoms with Gasteiger partial charge in [0.1, 0.15) is 16.7 Å². The monoisotopic (exact) mass is 764 g/mol. The standard InChI is InChI=1S/C40H30Cl2N4O4S2/c1-50-29-20-18-25(19-21-29)35-24-51-40(45-35)46-39(49)36(26-10-4-2-5-11-26)52-30-15-8-14-28(22-30)43-38(48)34(23-31-32(41)16-9-17-33(31)42)44-37(47)27-12-6-3-7-13-27/h2-24,36H,1H3,(H,43,48)(H,44,47)(H,45,46,49)/b34-23+. The Kier molecular flexibility index (Phi) is 12.1. The summed E-state index contributed by atoms with van der Waals surface area (Å²) < 4.78 is 5.25. The zero-order chi connectivity index (χ0) is 36.5. The lowest BCUT2D eigenvalue weighted by Crippen LogP contribution is -2.30. The molecule has 3 N–H and O–H groups in total. The van der Waals surface area contributed by atoms with Crippen LogP contribution in [0.25, 0.3) is 17.3 Å². The molecule has 0 aliphatic rings. The van der Waals surface area contributed by atoms with E-state index in [9.17, 15) is 14.4 Å². The summed E-state index contributed by atoms with van der Waals surface area (Å²) >= 11 is 15.5. The van der Waals surface area contributed by atoms with Crippen molar-refractivity contribution in [3.8, 4) is 17.0 Å². The van der Waals surface area contributed by atoms with Gasteiger partial charge in [0, 0.05) is 42.7 Å². The summed E-state index contributed by atoms with van der Waals surface area (Å²) in [5.41, 5.74) is 3.54. The van der Waals surface area contributed by atoms with Crippen molar-refractivity contribution >= 4 is 80.9 Å². The number of thiazole rings is 1. The fourth-order valence-electron chi connectivity index (χ4n) is 5.01. The molecule has 0 spiro atoms. The molecule has 6 rings (SSSR count). The third kappa shape index (κ3) is 9.28. The minimum Gasteiger partial charge on any atom is -0.497 e. The van der Waals surface area contributed by atoms with Crippen molar-refractivity contribution in [2.75, 3.05) is 17.7 Å². The van der Waals surface area contributed by atoms with Gasteiger partial charge in [-0.3, -0.25) is 14.4 Å². The number of carbonyl (C=O) groups excluding carboxylic acids is 3. The lowest BCUT2D eigenvalue weighted by molar-refractivity contribution is -0.116. The first-order valence-corrected chi connectivity index (χ1v) is 18.3. The normalized spacial score (nSPS) is 11.7. The number of amides is 3. The maximum Gasteiger partial charge on any atom is 0.272 e. The van der Waals surface area contributed by atoms with E-state index in [0.717, 1.165) is 22.6 Å². The van der Waals surface area contributed by atoms with Crippen LogP contribution in [0.2, 0.25) is 10.0 Å². The molecule has 0 fully saturated rings. The van der Waals surface area contributed by atoms with E-state index in [2.05, 4.69) is 20.9 Å². The Labute approximate surface area is 318 Å². The van der Waals surface area contributed by atoms with Gasteiger partial charge in [0.15, 0.2) is 5.13 Å². The zero-order valence-corrected chi connectivity index (χ0v) is 30.7. The number of aromatic nitrogens is 1. The minimum atomic E-state index is -0.650. The second-order valence-electron chi connectivity index (χ2n) is 11.2. The van der Waals surface area contributed by atoms with Crippen LogP contribution in [0.3, 0.4) is 0 Å². The van der Waals surface area contributed by atoms with Gasteiger partial charge < -0.3 is 20.7 Å². The molecule has 1 atom stereocenters. The highest BCUT2D eigenvalue weighted by Crippen LogP contribution is 2.38. The molecule has 12 heteroatoms. The molecule has 0 aliphatic carbocycles. The Bertz CT molecular complexity index is 2210. The smallest absolute Gasteiger partial charge is 0.272 e. The Morgan fingerprint density at radius 1 is 0.808 bits per heavy atom. The van der Waals surface area contributed by atoms with Crippen molar-refractivity contribution in [1.29, 1.82) is 0 Å². The van der Waals surface area contributed by atoms with Gasteiger partial charge in [0.2, 0.25) is 5.91 Å². The molecule has 1 heterocycles. The van der Waals surface area contributed by atoms with Gasteiger partial charge >= 0.3 is 0 Å². The second kappa shape index (κ2) is 17.2. The molecule has 0 radical (unpaired) electrons. The van der Waals surface area contributed by atoms with Gasteiger partial charge in [-0.25, -0.2) is 4.98 Å². The van der Waals surface area contributed by atoms with Crippen LogP contribution in [0.5, 0.6) is 5.75 Å². The number of halogens is 2. The third-order valence-electron chi connectivity index (χ3n) is 7.62. The summed E-state index contributed by atoms with van der Waals surface area (Å²) in [5.74, 6) is -0.599. The molecular weight excluding hydrogens is 736 g/mol. The van der Waals surface area contributed by atoms with Crippen LogP contribution in [0.1, 0.15) is 26.7 Å². The second-order valence-corrected chi connectivity index (χ2v) is 14.0. The number of anilines is 2. The number of hydrogen-bond acceptors (Lipinski definition) is 7. The number of carbonyl (C=O) groups is 3. The van der Waals surface area contributed by atoms with Crippen LogP contribution in [-0.4, -0.2) is 29.8 Å². The number of nitrogens with zero attached hydrogens (tertiary/aromatic N) is 1. The van der Waals surface area contributed by atoms with E-state index in [4.69, 9.17) is 27.9 Å². The molecule has 8 nitrogen and oxygen atoms in total. The highest BCUT2D eigenvalue weighted by Gasteiger charge is 2.24. The highest BCUT2D eigenvalue weighted by atomic mass is 35.5. The molecular formula is C40H30Cl2N4O4S2. The number of hydrogen-bond donors (Lipinski definition) is 3. The molecule has 1 unspecified atom stereocenters. The Morgan fingerprint density at radius 3 is 2.17 bits per heavy atom. The predicted octanol–water partition coefficient (Wildman–Crippen LogP) is 10.0. The van der Waals surface area contributed by atoms with E-state index in [1.54, 1.807) is 73.8 Å². The van der Waals surface area contributed by atoms with Crippen LogP contribution in [0.15, 0.2) is 143 Å². The molecule has 0 saturated heterocycles. The van der Waals surface area contributed by atoms with Crippen molar-refractivity contribution in [1.82, 2.24) is 10.3 Å². The summed E-state index contributed by atoms with van der Waals surface area (Å²) in [6, 6.07) is 37.6. The average Bonchev–Trinajstić information content (AvgIpc) is 3.64. The van der Waals surface area contributed by atoms with Gasteiger partial charge in [0.25, 0.3) is 11.8 Å². The van der Waals surface area contributed by atoms with Crippen LogP contribution in [0.4, 0.5) is 10.8 Å². The lowest BCUT2D eigenvalue weighted by atomic mass is 10.1. The maximum atomic E-state index is 13.8. The lowest BCUT2D eigenvalue weighted by Gasteiger charge is -2.17. The number of thioether (sulfide) groups is 1. The molecule has 260 valence electrons. The highest BCUT2D eigenvalue weighted by molar-refractivity contribution is 8.00. The minimum absolute atomic E-state index is 0.0686. The van der Waals surface area contributed by atoms with Crippen LogP contribution in [0, 0.1) is 0 Å². The zero-order valence-electron chi connectivity index (χ0n) is 27.5. The van der Waals surface area contributed by atoms with E-state index in [0.29, 0.717) is 36.9 Å². The SMILES string of the molecule is COc1ccc(-c2csc(NC(=O)C(Sc3cccc(NC(=O)/C(=C\c4c(Cl)cccc4Cl)NC(=O)c4ccccc4)c3)c3ccccc3)n2)cc1. The molecule has 1 aromatic heterocycles. The molecule has 52 heavy (non-hydrogen) atoms. The van der Waals surface area contributed by atoms with Crippen molar-refractivity contribution in [3.05, 3.63) is 165 Å². The van der Waals surface area contributed by atoms with Crippen LogP contribution in [-0.2, 0) is 9.59 Å². The van der Waals surface area contributed by atoms with Crippen LogP contribution >= 0.6 is 46.3 Å². The third-order valence-corrected chi connectivity index (χ3v) is 10.3. The Hall–Kier alpha value is -5.39. The van der Waals surface area contributed by atoms with E-state index in [1.807, 2.05) is 66.0 Å². The summed E-state index contributed by atoms with van der Waals surface area (Å²) in [5, 5.41) is 10.9. The Balaban J connectivity index is 1.22. The largest absolute Gasteiger partial charge is 0.497 e. The van der Waals surface area contributed by atoms with Gasteiger partial charge in [-0.15, -0.1) is 23.1 Å². The predicted molar refractivity (Wildman–Crippen MR) is 211 cm³/mol. The van der Waals surface area contributed by atoms with Gasteiger partial charge in [0.05, 0.1) is 12.8 Å². The van der Waals surface area contributed by atoms with Crippen molar-refractivity contribution in [2.45, 2.75) is 10.1 Å². The summed E-state index contributed by atoms with van der Waals surface area (Å²) in [7, 11) is 1.61. The molecule has 0 aliphatic heterocycles. The number of methoxy groups -OCH3 is 1. The first kappa shape index (κ1) is 36.4. The van der Waals surface area contributed by atoms with Gasteiger partial charge in [-0.05, 0) is 78.4 Å². The average molecular weight is 766 g/mol. The molecule has 3 amide bonds. The van der Waals surface area contributed by atoms with Crippen LogP contribution < -0.4 is 20.7 Å². The molecule has 0 saturated carbocycles. The van der Waals surface area contributed by atoms with E-state index in [1.165, 1.54) is 29.2 Å². The van der Waals surface area contributed by atoms with E-state index >= 15 is 0 Å². The molecule has 0 bridgehead atoms. The summed E-state index contributed by atoms with van der Waals surface area (Å²) in [4.78, 5) is 46.1.